The molecular weight excluding hydrogens is 217 g/mol. The standard InChI is InChI=1S/C3H9NO4S2.K/c1-4-10(7,8)3-2-9(5)6;/h4H,2-3H2,1H3,(H,5,6);/q;+1/p-1. The van der Waals surface area contributed by atoms with Crippen LogP contribution in [-0.4, -0.2) is 35.7 Å². The van der Waals surface area contributed by atoms with Crippen molar-refractivity contribution in [2.45, 2.75) is 0 Å². The molecular formula is C3H8KNO4S2. The molecule has 0 heterocycles. The van der Waals surface area contributed by atoms with E-state index in [-0.39, 0.29) is 62.9 Å². The van der Waals surface area contributed by atoms with E-state index in [4.69, 9.17) is 0 Å². The number of nitrogens with one attached hydrogen (secondary N) is 1. The first kappa shape index (κ1) is 15.1. The topological polar surface area (TPSA) is 86.3 Å². The minimum absolute atomic E-state index is 0. The molecule has 0 aliphatic carbocycles. The van der Waals surface area contributed by atoms with Crippen LogP contribution in [0.25, 0.3) is 0 Å². The Balaban J connectivity index is 0. The maximum absolute atomic E-state index is 10.5. The van der Waals surface area contributed by atoms with Crippen LogP contribution in [0, 0.1) is 0 Å². The molecule has 0 bridgehead atoms. The first-order chi connectivity index (χ1) is 4.48. The van der Waals surface area contributed by atoms with Gasteiger partial charge in [-0.25, -0.2) is 13.1 Å². The van der Waals surface area contributed by atoms with Crippen LogP contribution >= 0.6 is 0 Å². The third-order valence-electron chi connectivity index (χ3n) is 0.830. The molecule has 0 radical (unpaired) electrons. The Kier molecular flexibility index (Phi) is 9.77. The monoisotopic (exact) mass is 225 g/mol. The Labute approximate surface area is 111 Å². The summed E-state index contributed by atoms with van der Waals surface area (Å²) in [5.74, 6) is -0.733. The summed E-state index contributed by atoms with van der Waals surface area (Å²) in [6.07, 6.45) is 0. The van der Waals surface area contributed by atoms with E-state index < -0.39 is 21.1 Å². The van der Waals surface area contributed by atoms with Crippen LogP contribution in [0.15, 0.2) is 0 Å². The van der Waals surface area contributed by atoms with Gasteiger partial charge in [-0.05, 0) is 7.05 Å². The average molecular weight is 225 g/mol. The molecule has 0 spiro atoms. The van der Waals surface area contributed by atoms with Gasteiger partial charge in [-0.1, -0.05) is 11.1 Å². The maximum atomic E-state index is 10.5. The van der Waals surface area contributed by atoms with Gasteiger partial charge in [0.25, 0.3) is 0 Å². The second-order valence-corrected chi connectivity index (χ2v) is 4.59. The van der Waals surface area contributed by atoms with Gasteiger partial charge in [0.05, 0.1) is 5.75 Å². The fourth-order valence-electron chi connectivity index (χ4n) is 0.280. The second-order valence-electron chi connectivity index (χ2n) is 1.53. The maximum Gasteiger partial charge on any atom is 1.00 e. The van der Waals surface area contributed by atoms with Crippen molar-refractivity contribution in [2.24, 2.45) is 0 Å². The van der Waals surface area contributed by atoms with Crippen LogP contribution in [0.5, 0.6) is 0 Å². The molecule has 0 rings (SSSR count). The molecule has 8 heteroatoms. The van der Waals surface area contributed by atoms with Gasteiger partial charge in [-0.2, -0.15) is 0 Å². The third-order valence-corrected chi connectivity index (χ3v) is 2.99. The predicted molar refractivity (Wildman–Crippen MR) is 36.6 cm³/mol. The van der Waals surface area contributed by atoms with Crippen LogP contribution in [-0.2, 0) is 21.1 Å². The van der Waals surface area contributed by atoms with E-state index in [0.717, 1.165) is 0 Å². The fourth-order valence-corrected chi connectivity index (χ4v) is 1.91. The molecule has 5 nitrogen and oxygen atoms in total. The van der Waals surface area contributed by atoms with Crippen LogP contribution in [0.2, 0.25) is 0 Å². The molecule has 0 fully saturated rings. The average Bonchev–Trinajstić information content (AvgIpc) is 1.85. The van der Waals surface area contributed by atoms with Crippen molar-refractivity contribution in [2.75, 3.05) is 18.6 Å². The molecule has 0 aliphatic rings. The van der Waals surface area contributed by atoms with Gasteiger partial charge in [-0.15, -0.1) is 0 Å². The van der Waals surface area contributed by atoms with Gasteiger partial charge in [-0.3, -0.25) is 4.21 Å². The summed E-state index contributed by atoms with van der Waals surface area (Å²) in [5, 5.41) is 0. The van der Waals surface area contributed by atoms with Crippen molar-refractivity contribution in [1.82, 2.24) is 4.72 Å². The summed E-state index contributed by atoms with van der Waals surface area (Å²) in [7, 11) is -2.12. The first-order valence-corrected chi connectivity index (χ1v) is 5.34. The van der Waals surface area contributed by atoms with E-state index in [1.165, 1.54) is 7.05 Å². The molecule has 0 aromatic carbocycles. The molecule has 0 aromatic heterocycles. The minimum Gasteiger partial charge on any atom is -0.772 e. The predicted octanol–water partition coefficient (Wildman–Crippen LogP) is -4.58. The summed E-state index contributed by atoms with van der Waals surface area (Å²) in [5.41, 5.74) is 0. The Bertz CT molecular complexity index is 213. The smallest absolute Gasteiger partial charge is 0.772 e. The number of hydrogen-bond acceptors (Lipinski definition) is 4. The fraction of sp³-hybridized carbons (Fsp3) is 1.00. The molecule has 1 N–H and O–H groups in total. The van der Waals surface area contributed by atoms with E-state index in [2.05, 4.69) is 0 Å². The number of sulfonamides is 1. The molecule has 0 saturated heterocycles. The molecule has 62 valence electrons. The summed E-state index contributed by atoms with van der Waals surface area (Å²) in [6, 6.07) is 0. The molecule has 1 atom stereocenters. The van der Waals surface area contributed by atoms with Crippen LogP contribution in [0.4, 0.5) is 0 Å². The Morgan fingerprint density at radius 3 is 2.27 bits per heavy atom. The Morgan fingerprint density at radius 1 is 1.55 bits per heavy atom. The van der Waals surface area contributed by atoms with Crippen molar-refractivity contribution < 1.29 is 68.6 Å². The molecule has 0 amide bonds. The summed E-state index contributed by atoms with van der Waals surface area (Å²) >= 11 is -2.28. The first-order valence-electron chi connectivity index (χ1n) is 2.45. The quantitative estimate of drug-likeness (QED) is 0.385. The second kappa shape index (κ2) is 7.10. The van der Waals surface area contributed by atoms with Gasteiger partial charge in [0.15, 0.2) is 0 Å². The van der Waals surface area contributed by atoms with Crippen molar-refractivity contribution in [1.29, 1.82) is 0 Å². The van der Waals surface area contributed by atoms with E-state index in [1.807, 2.05) is 4.72 Å². The van der Waals surface area contributed by atoms with E-state index in [1.54, 1.807) is 0 Å². The van der Waals surface area contributed by atoms with E-state index in [9.17, 15) is 17.2 Å². The molecule has 0 saturated carbocycles. The Morgan fingerprint density at radius 2 is 2.00 bits per heavy atom. The largest absolute Gasteiger partial charge is 1.00 e. The van der Waals surface area contributed by atoms with Crippen molar-refractivity contribution >= 4 is 21.1 Å². The van der Waals surface area contributed by atoms with Crippen LogP contribution < -0.4 is 56.1 Å². The van der Waals surface area contributed by atoms with Crippen LogP contribution in [0.3, 0.4) is 0 Å². The summed E-state index contributed by atoms with van der Waals surface area (Å²) in [6.45, 7) is 0. The summed E-state index contributed by atoms with van der Waals surface area (Å²) < 4.78 is 42.8. The normalized spacial score (nSPS) is 13.6. The van der Waals surface area contributed by atoms with Crippen molar-refractivity contribution in [3.05, 3.63) is 0 Å². The number of hydrogen-bond donors (Lipinski definition) is 1. The zero-order valence-electron chi connectivity index (χ0n) is 6.36. The van der Waals surface area contributed by atoms with Gasteiger partial charge < -0.3 is 4.55 Å². The minimum atomic E-state index is -3.36. The SMILES string of the molecule is CNS(=O)(=O)CCS(=O)[O-].[K+]. The molecule has 1 unspecified atom stereocenters. The molecule has 0 aliphatic heterocycles. The Hall–Kier alpha value is 1.66. The zero-order chi connectivity index (χ0) is 8.20. The third kappa shape index (κ3) is 9.57. The van der Waals surface area contributed by atoms with Gasteiger partial charge in [0.1, 0.15) is 0 Å². The molecule has 0 aromatic rings. The van der Waals surface area contributed by atoms with Gasteiger partial charge in [0, 0.05) is 5.75 Å². The summed E-state index contributed by atoms with van der Waals surface area (Å²) in [4.78, 5) is 0. The molecule has 11 heavy (non-hydrogen) atoms. The zero-order valence-corrected chi connectivity index (χ0v) is 11.1. The van der Waals surface area contributed by atoms with Crippen molar-refractivity contribution in [3.8, 4) is 0 Å². The van der Waals surface area contributed by atoms with Gasteiger partial charge >= 0.3 is 51.4 Å². The van der Waals surface area contributed by atoms with Crippen molar-refractivity contribution in [3.63, 3.8) is 0 Å². The number of rotatable bonds is 4. The van der Waals surface area contributed by atoms with Gasteiger partial charge in [0.2, 0.25) is 10.0 Å². The van der Waals surface area contributed by atoms with E-state index in [0.29, 0.717) is 0 Å². The van der Waals surface area contributed by atoms with Crippen LogP contribution in [0.1, 0.15) is 0 Å². The van der Waals surface area contributed by atoms with E-state index >= 15 is 0 Å².